The standard InChI is InChI=1S/C23H31N3O/c1-18(25-12-4-2-5-13-25)19-8-10-20(11-9-19)21-16-22(24-17-21)23(27)26-14-6-3-7-15-26/h8-11,16-18,24H,2-7,12-15H2,1H3. The van der Waals surface area contributed by atoms with Crippen molar-refractivity contribution >= 4 is 5.91 Å². The third kappa shape index (κ3) is 4.11. The van der Waals surface area contributed by atoms with Gasteiger partial charge in [-0.3, -0.25) is 9.69 Å². The molecule has 4 nitrogen and oxygen atoms in total. The summed E-state index contributed by atoms with van der Waals surface area (Å²) in [5.41, 5.74) is 4.34. The number of benzene rings is 1. The number of carbonyl (C=O) groups is 1. The van der Waals surface area contributed by atoms with Gasteiger partial charge in [-0.05, 0) is 74.9 Å². The van der Waals surface area contributed by atoms with Crippen molar-refractivity contribution in [2.45, 2.75) is 51.5 Å². The van der Waals surface area contributed by atoms with Crippen molar-refractivity contribution < 1.29 is 4.79 Å². The third-order valence-electron chi connectivity index (χ3n) is 6.22. The first-order chi connectivity index (χ1) is 13.2. The molecule has 1 N–H and O–H groups in total. The molecule has 1 aromatic heterocycles. The lowest BCUT2D eigenvalue weighted by Crippen LogP contribution is -2.35. The fourth-order valence-electron chi connectivity index (χ4n) is 4.42. The van der Waals surface area contributed by atoms with E-state index in [1.54, 1.807) is 0 Å². The first kappa shape index (κ1) is 18.3. The number of carbonyl (C=O) groups excluding carboxylic acids is 1. The molecule has 3 heterocycles. The van der Waals surface area contributed by atoms with Crippen molar-refractivity contribution in [3.63, 3.8) is 0 Å². The molecule has 4 rings (SSSR count). The first-order valence-corrected chi connectivity index (χ1v) is 10.5. The Hall–Kier alpha value is -2.07. The lowest BCUT2D eigenvalue weighted by molar-refractivity contribution is 0.0719. The highest BCUT2D eigenvalue weighted by atomic mass is 16.2. The molecule has 27 heavy (non-hydrogen) atoms. The van der Waals surface area contributed by atoms with Gasteiger partial charge in [-0.1, -0.05) is 30.7 Å². The van der Waals surface area contributed by atoms with Gasteiger partial charge in [0.1, 0.15) is 5.69 Å². The van der Waals surface area contributed by atoms with Crippen LogP contribution in [0.5, 0.6) is 0 Å². The summed E-state index contributed by atoms with van der Waals surface area (Å²) in [6, 6.07) is 11.3. The molecule has 1 amide bonds. The van der Waals surface area contributed by atoms with Crippen LogP contribution in [0.3, 0.4) is 0 Å². The molecule has 0 saturated carbocycles. The van der Waals surface area contributed by atoms with Crippen LogP contribution in [-0.4, -0.2) is 46.9 Å². The van der Waals surface area contributed by atoms with Crippen LogP contribution in [-0.2, 0) is 0 Å². The zero-order valence-corrected chi connectivity index (χ0v) is 16.4. The van der Waals surface area contributed by atoms with Crippen molar-refractivity contribution in [1.29, 1.82) is 0 Å². The molecule has 2 aliphatic heterocycles. The normalized spacial score (nSPS) is 19.8. The quantitative estimate of drug-likeness (QED) is 0.841. The Kier molecular flexibility index (Phi) is 5.63. The summed E-state index contributed by atoms with van der Waals surface area (Å²) < 4.78 is 0. The van der Waals surface area contributed by atoms with Gasteiger partial charge in [0.2, 0.25) is 0 Å². The summed E-state index contributed by atoms with van der Waals surface area (Å²) in [5.74, 6) is 0.135. The summed E-state index contributed by atoms with van der Waals surface area (Å²) in [7, 11) is 0. The van der Waals surface area contributed by atoms with Gasteiger partial charge >= 0.3 is 0 Å². The fourth-order valence-corrected chi connectivity index (χ4v) is 4.42. The molecule has 0 radical (unpaired) electrons. The van der Waals surface area contributed by atoms with Gasteiger partial charge in [-0.15, -0.1) is 0 Å². The van der Waals surface area contributed by atoms with Crippen molar-refractivity contribution in [2.24, 2.45) is 0 Å². The van der Waals surface area contributed by atoms with Crippen LogP contribution < -0.4 is 0 Å². The van der Waals surface area contributed by atoms with E-state index in [1.807, 2.05) is 17.2 Å². The second kappa shape index (κ2) is 8.30. The van der Waals surface area contributed by atoms with Crippen LogP contribution in [0.4, 0.5) is 0 Å². The Labute approximate surface area is 162 Å². The van der Waals surface area contributed by atoms with E-state index in [4.69, 9.17) is 0 Å². The Morgan fingerprint density at radius 1 is 0.889 bits per heavy atom. The van der Waals surface area contributed by atoms with Gasteiger partial charge < -0.3 is 9.88 Å². The fraction of sp³-hybridized carbons (Fsp3) is 0.522. The molecule has 2 fully saturated rings. The highest BCUT2D eigenvalue weighted by molar-refractivity contribution is 5.94. The number of hydrogen-bond acceptors (Lipinski definition) is 2. The number of aromatic nitrogens is 1. The van der Waals surface area contributed by atoms with Crippen LogP contribution in [0.2, 0.25) is 0 Å². The predicted molar refractivity (Wildman–Crippen MR) is 110 cm³/mol. The molecule has 4 heteroatoms. The average molecular weight is 366 g/mol. The summed E-state index contributed by atoms with van der Waals surface area (Å²) >= 11 is 0. The molecule has 1 aromatic carbocycles. The number of likely N-dealkylation sites (tertiary alicyclic amines) is 2. The Morgan fingerprint density at radius 2 is 1.52 bits per heavy atom. The molecule has 0 bridgehead atoms. The predicted octanol–water partition coefficient (Wildman–Crippen LogP) is 4.85. The van der Waals surface area contributed by atoms with Crippen LogP contribution in [0.25, 0.3) is 11.1 Å². The molecule has 0 spiro atoms. The van der Waals surface area contributed by atoms with Crippen molar-refractivity contribution in [3.05, 3.63) is 47.8 Å². The smallest absolute Gasteiger partial charge is 0.270 e. The Balaban J connectivity index is 1.44. The van der Waals surface area contributed by atoms with Gasteiger partial charge in [0.25, 0.3) is 5.91 Å². The van der Waals surface area contributed by atoms with Crippen LogP contribution >= 0.6 is 0 Å². The summed E-state index contributed by atoms with van der Waals surface area (Å²) in [6.45, 7) is 6.50. The highest BCUT2D eigenvalue weighted by Crippen LogP contribution is 2.27. The molecule has 2 saturated heterocycles. The van der Waals surface area contributed by atoms with Gasteiger partial charge in [0, 0.05) is 25.3 Å². The van der Waals surface area contributed by atoms with E-state index in [0.29, 0.717) is 11.7 Å². The van der Waals surface area contributed by atoms with Crippen molar-refractivity contribution in [2.75, 3.05) is 26.2 Å². The lowest BCUT2D eigenvalue weighted by atomic mass is 10.00. The van der Waals surface area contributed by atoms with Gasteiger partial charge in [0.15, 0.2) is 0 Å². The number of rotatable bonds is 4. The zero-order valence-electron chi connectivity index (χ0n) is 16.4. The Morgan fingerprint density at radius 3 is 2.19 bits per heavy atom. The SMILES string of the molecule is CC(c1ccc(-c2c[nH]c(C(=O)N3CCCCC3)c2)cc1)N1CCCCC1. The molecule has 1 unspecified atom stereocenters. The van der Waals surface area contributed by atoms with E-state index in [1.165, 1.54) is 49.9 Å². The monoisotopic (exact) mass is 365 g/mol. The average Bonchev–Trinajstić information content (AvgIpc) is 3.24. The van der Waals surface area contributed by atoms with E-state index in [2.05, 4.69) is 41.1 Å². The molecular weight excluding hydrogens is 334 g/mol. The molecule has 144 valence electrons. The number of H-pyrrole nitrogens is 1. The number of aromatic amines is 1. The summed E-state index contributed by atoms with van der Waals surface area (Å²) in [6.07, 6.45) is 9.45. The third-order valence-corrected chi connectivity index (χ3v) is 6.22. The maximum Gasteiger partial charge on any atom is 0.270 e. The van der Waals surface area contributed by atoms with Crippen LogP contribution in [0.1, 0.15) is 67.5 Å². The minimum absolute atomic E-state index is 0.135. The van der Waals surface area contributed by atoms with E-state index in [9.17, 15) is 4.79 Å². The topological polar surface area (TPSA) is 39.3 Å². The number of hydrogen-bond donors (Lipinski definition) is 1. The highest BCUT2D eigenvalue weighted by Gasteiger charge is 2.20. The van der Waals surface area contributed by atoms with Crippen LogP contribution in [0, 0.1) is 0 Å². The molecule has 2 aliphatic rings. The minimum atomic E-state index is 0.135. The van der Waals surface area contributed by atoms with Crippen LogP contribution in [0.15, 0.2) is 36.5 Å². The number of amides is 1. The largest absolute Gasteiger partial charge is 0.357 e. The molecule has 2 aromatic rings. The second-order valence-corrected chi connectivity index (χ2v) is 8.05. The lowest BCUT2D eigenvalue weighted by Gasteiger charge is -2.32. The summed E-state index contributed by atoms with van der Waals surface area (Å²) in [4.78, 5) is 20.4. The Bertz CT molecular complexity index is 752. The number of piperidine rings is 2. The van der Waals surface area contributed by atoms with Crippen molar-refractivity contribution in [1.82, 2.24) is 14.8 Å². The maximum absolute atomic E-state index is 12.7. The molecular formula is C23H31N3O. The first-order valence-electron chi connectivity index (χ1n) is 10.5. The maximum atomic E-state index is 12.7. The van der Waals surface area contributed by atoms with Gasteiger partial charge in [-0.2, -0.15) is 0 Å². The van der Waals surface area contributed by atoms with Gasteiger partial charge in [-0.25, -0.2) is 0 Å². The van der Waals surface area contributed by atoms with E-state index < -0.39 is 0 Å². The van der Waals surface area contributed by atoms with Gasteiger partial charge in [0.05, 0.1) is 0 Å². The van der Waals surface area contributed by atoms with E-state index in [0.717, 1.165) is 31.5 Å². The number of nitrogens with zero attached hydrogens (tertiary/aromatic N) is 2. The summed E-state index contributed by atoms with van der Waals surface area (Å²) in [5, 5.41) is 0. The van der Waals surface area contributed by atoms with Crippen molar-refractivity contribution in [3.8, 4) is 11.1 Å². The molecule has 0 aliphatic carbocycles. The second-order valence-electron chi connectivity index (χ2n) is 8.05. The zero-order chi connectivity index (χ0) is 18.6. The number of nitrogens with one attached hydrogen (secondary N) is 1. The minimum Gasteiger partial charge on any atom is -0.357 e. The molecule has 1 atom stereocenters. The van der Waals surface area contributed by atoms with E-state index >= 15 is 0 Å². The van der Waals surface area contributed by atoms with E-state index in [-0.39, 0.29) is 5.91 Å².